The average Bonchev–Trinajstić information content (AvgIpc) is 2.56. The summed E-state index contributed by atoms with van der Waals surface area (Å²) in [6.45, 7) is 0.631. The van der Waals surface area contributed by atoms with Gasteiger partial charge in [0.25, 0.3) is 5.91 Å². The normalized spacial score (nSPS) is 13.2. The number of hydrogen-bond acceptors (Lipinski definition) is 3. The van der Waals surface area contributed by atoms with Crippen molar-refractivity contribution in [3.05, 3.63) is 64.7 Å². The second-order valence-corrected chi connectivity index (χ2v) is 5.33. The molecule has 0 unspecified atom stereocenters. The van der Waals surface area contributed by atoms with E-state index >= 15 is 0 Å². The van der Waals surface area contributed by atoms with E-state index < -0.39 is 11.6 Å². The van der Waals surface area contributed by atoms with E-state index in [-0.39, 0.29) is 24.8 Å². The Morgan fingerprint density at radius 1 is 1.22 bits per heavy atom. The minimum absolute atomic E-state index is 0.0506. The fourth-order valence-corrected chi connectivity index (χ4v) is 2.42. The zero-order valence-corrected chi connectivity index (χ0v) is 12.5. The summed E-state index contributed by atoms with van der Waals surface area (Å²) >= 11 is 0. The zero-order chi connectivity index (χ0) is 16.4. The molecule has 120 valence electrons. The molecule has 2 aromatic rings. The molecule has 23 heavy (non-hydrogen) atoms. The van der Waals surface area contributed by atoms with E-state index in [0.717, 1.165) is 11.6 Å². The lowest BCUT2D eigenvalue weighted by molar-refractivity contribution is -0.0164. The minimum atomic E-state index is -0.670. The predicted molar refractivity (Wildman–Crippen MR) is 78.9 cm³/mol. The highest BCUT2D eigenvalue weighted by Gasteiger charge is 2.18. The summed E-state index contributed by atoms with van der Waals surface area (Å²) in [5, 5.41) is 0. The van der Waals surface area contributed by atoms with Gasteiger partial charge in [-0.2, -0.15) is 0 Å². The van der Waals surface area contributed by atoms with Crippen LogP contribution in [0, 0.1) is 11.6 Å². The Balaban J connectivity index is 1.77. The van der Waals surface area contributed by atoms with E-state index in [1.165, 1.54) is 17.0 Å². The second-order valence-electron chi connectivity index (χ2n) is 5.33. The molecule has 3 rings (SSSR count). The summed E-state index contributed by atoms with van der Waals surface area (Å²) < 4.78 is 37.1. The molecule has 4 nitrogen and oxygen atoms in total. The van der Waals surface area contributed by atoms with E-state index in [1.54, 1.807) is 25.2 Å². The summed E-state index contributed by atoms with van der Waals surface area (Å²) in [5.74, 6) is -0.881. The Bertz CT molecular complexity index is 749. The van der Waals surface area contributed by atoms with Crippen molar-refractivity contribution in [2.75, 3.05) is 13.8 Å². The van der Waals surface area contributed by atoms with Gasteiger partial charge in [0, 0.05) is 36.3 Å². The monoisotopic (exact) mass is 319 g/mol. The molecule has 0 radical (unpaired) electrons. The van der Waals surface area contributed by atoms with Gasteiger partial charge in [0.15, 0.2) is 6.79 Å². The minimum Gasteiger partial charge on any atom is -0.467 e. The SMILES string of the molecule is CN(Cc1ccc(F)cc1F)C(=O)c1ccc2c(c1)COCO2. The van der Waals surface area contributed by atoms with E-state index in [4.69, 9.17) is 9.47 Å². The molecule has 6 heteroatoms. The predicted octanol–water partition coefficient (Wildman–Crippen LogP) is 3.10. The van der Waals surface area contributed by atoms with Gasteiger partial charge in [-0.3, -0.25) is 4.79 Å². The lowest BCUT2D eigenvalue weighted by Crippen LogP contribution is -2.27. The molecule has 0 aliphatic carbocycles. The van der Waals surface area contributed by atoms with E-state index in [0.29, 0.717) is 17.9 Å². The van der Waals surface area contributed by atoms with Crippen molar-refractivity contribution in [2.24, 2.45) is 0 Å². The van der Waals surface area contributed by atoms with Crippen LogP contribution in [-0.2, 0) is 17.9 Å². The Morgan fingerprint density at radius 3 is 2.83 bits per heavy atom. The van der Waals surface area contributed by atoms with Crippen molar-refractivity contribution in [1.82, 2.24) is 4.90 Å². The quantitative estimate of drug-likeness (QED) is 0.872. The van der Waals surface area contributed by atoms with Crippen LogP contribution in [-0.4, -0.2) is 24.6 Å². The van der Waals surface area contributed by atoms with Crippen molar-refractivity contribution in [1.29, 1.82) is 0 Å². The maximum Gasteiger partial charge on any atom is 0.253 e. The van der Waals surface area contributed by atoms with Gasteiger partial charge in [-0.05, 0) is 24.3 Å². The summed E-state index contributed by atoms with van der Waals surface area (Å²) in [6, 6.07) is 8.39. The highest BCUT2D eigenvalue weighted by Crippen LogP contribution is 2.25. The topological polar surface area (TPSA) is 38.8 Å². The Kier molecular flexibility index (Phi) is 4.25. The first-order chi connectivity index (χ1) is 11.0. The zero-order valence-electron chi connectivity index (χ0n) is 12.5. The Labute approximate surface area is 132 Å². The van der Waals surface area contributed by atoms with Crippen molar-refractivity contribution in [2.45, 2.75) is 13.2 Å². The number of ether oxygens (including phenoxy) is 2. The van der Waals surface area contributed by atoms with Crippen LogP contribution in [0.3, 0.4) is 0 Å². The van der Waals surface area contributed by atoms with Crippen molar-refractivity contribution < 1.29 is 23.0 Å². The molecule has 0 N–H and O–H groups in total. The first-order valence-corrected chi connectivity index (χ1v) is 7.07. The molecule has 0 atom stereocenters. The number of carbonyl (C=O) groups excluding carboxylic acids is 1. The van der Waals surface area contributed by atoms with Gasteiger partial charge in [0.1, 0.15) is 17.4 Å². The van der Waals surface area contributed by atoms with Crippen LogP contribution < -0.4 is 4.74 Å². The van der Waals surface area contributed by atoms with Crippen molar-refractivity contribution >= 4 is 5.91 Å². The standard InChI is InChI=1S/C17H15F2NO3/c1-20(8-12-2-4-14(18)7-15(12)19)17(21)11-3-5-16-13(6-11)9-22-10-23-16/h2-7H,8-10H2,1H3. The highest BCUT2D eigenvalue weighted by atomic mass is 19.1. The molecule has 0 aromatic heterocycles. The molecule has 0 saturated carbocycles. The first kappa shape index (κ1) is 15.4. The maximum atomic E-state index is 13.7. The van der Waals surface area contributed by atoms with E-state index in [1.807, 2.05) is 0 Å². The lowest BCUT2D eigenvalue weighted by Gasteiger charge is -2.21. The van der Waals surface area contributed by atoms with Crippen LogP contribution in [0.25, 0.3) is 0 Å². The molecule has 0 spiro atoms. The number of fused-ring (bicyclic) bond motifs is 1. The van der Waals surface area contributed by atoms with Gasteiger partial charge in [-0.1, -0.05) is 6.07 Å². The van der Waals surface area contributed by atoms with Crippen LogP contribution >= 0.6 is 0 Å². The summed E-state index contributed by atoms with van der Waals surface area (Å²) in [7, 11) is 1.57. The van der Waals surface area contributed by atoms with Gasteiger partial charge in [0.05, 0.1) is 6.61 Å². The second kappa shape index (κ2) is 6.34. The van der Waals surface area contributed by atoms with Gasteiger partial charge >= 0.3 is 0 Å². The van der Waals surface area contributed by atoms with Crippen molar-refractivity contribution in [3.63, 3.8) is 0 Å². The third kappa shape index (κ3) is 3.32. The number of halogens is 2. The number of rotatable bonds is 3. The number of nitrogens with zero attached hydrogens (tertiary/aromatic N) is 1. The molecule has 0 bridgehead atoms. The van der Waals surface area contributed by atoms with Gasteiger partial charge in [-0.25, -0.2) is 8.78 Å². The molecule has 0 saturated heterocycles. The fourth-order valence-electron chi connectivity index (χ4n) is 2.42. The van der Waals surface area contributed by atoms with Gasteiger partial charge in [0.2, 0.25) is 0 Å². The smallest absolute Gasteiger partial charge is 0.253 e. The molecular weight excluding hydrogens is 304 g/mol. The number of benzene rings is 2. The fraction of sp³-hybridized carbons (Fsp3) is 0.235. The molecule has 1 heterocycles. The van der Waals surface area contributed by atoms with Crippen LogP contribution in [0.15, 0.2) is 36.4 Å². The molecule has 1 aliphatic heterocycles. The third-order valence-corrected chi connectivity index (χ3v) is 3.63. The van der Waals surface area contributed by atoms with Gasteiger partial charge < -0.3 is 14.4 Å². The lowest BCUT2D eigenvalue weighted by atomic mass is 10.1. The van der Waals surface area contributed by atoms with E-state index in [2.05, 4.69) is 0 Å². The molecule has 1 aliphatic rings. The summed E-state index contributed by atoms with van der Waals surface area (Å²) in [6.07, 6.45) is 0. The van der Waals surface area contributed by atoms with Crippen LogP contribution in [0.4, 0.5) is 8.78 Å². The largest absolute Gasteiger partial charge is 0.467 e. The van der Waals surface area contributed by atoms with Gasteiger partial charge in [-0.15, -0.1) is 0 Å². The van der Waals surface area contributed by atoms with Crippen molar-refractivity contribution in [3.8, 4) is 5.75 Å². The molecule has 1 amide bonds. The third-order valence-electron chi connectivity index (χ3n) is 3.63. The number of hydrogen-bond donors (Lipinski definition) is 0. The van der Waals surface area contributed by atoms with E-state index in [9.17, 15) is 13.6 Å². The first-order valence-electron chi connectivity index (χ1n) is 7.07. The number of amides is 1. The summed E-state index contributed by atoms with van der Waals surface area (Å²) in [4.78, 5) is 13.8. The molecular formula is C17H15F2NO3. The van der Waals surface area contributed by atoms with Crippen LogP contribution in [0.5, 0.6) is 5.75 Å². The van der Waals surface area contributed by atoms with Crippen LogP contribution in [0.1, 0.15) is 21.5 Å². The Morgan fingerprint density at radius 2 is 2.04 bits per heavy atom. The Hall–Kier alpha value is -2.47. The highest BCUT2D eigenvalue weighted by molar-refractivity contribution is 5.94. The molecule has 0 fully saturated rings. The van der Waals surface area contributed by atoms with Crippen LogP contribution in [0.2, 0.25) is 0 Å². The summed E-state index contributed by atoms with van der Waals surface area (Å²) in [5.41, 5.74) is 1.51. The maximum absolute atomic E-state index is 13.7. The number of carbonyl (C=O) groups is 1. The average molecular weight is 319 g/mol. The molecule has 2 aromatic carbocycles.